The van der Waals surface area contributed by atoms with E-state index < -0.39 is 0 Å². The Bertz CT molecular complexity index is 417. The normalized spacial score (nSPS) is 20.9. The van der Waals surface area contributed by atoms with E-state index in [1.54, 1.807) is 4.90 Å². The van der Waals surface area contributed by atoms with Crippen LogP contribution in [0.2, 0.25) is 0 Å². The lowest BCUT2D eigenvalue weighted by Gasteiger charge is -2.38. The van der Waals surface area contributed by atoms with E-state index >= 15 is 0 Å². The average Bonchev–Trinajstić information content (AvgIpc) is 2.22. The molecule has 1 aliphatic rings. The van der Waals surface area contributed by atoms with Gasteiger partial charge >= 0.3 is 0 Å². The fourth-order valence-corrected chi connectivity index (χ4v) is 2.42. The molecule has 0 radical (unpaired) electrons. The molecular weight excluding hydrogens is 198 g/mol. The van der Waals surface area contributed by atoms with Crippen LogP contribution < -0.4 is 4.90 Å². The van der Waals surface area contributed by atoms with Crippen molar-refractivity contribution >= 4 is 11.6 Å². The summed E-state index contributed by atoms with van der Waals surface area (Å²) in [5.74, 6) is 0.547. The highest BCUT2D eigenvalue weighted by molar-refractivity contribution is 5.96. The van der Waals surface area contributed by atoms with Crippen LogP contribution in [0.4, 0.5) is 5.69 Å². The summed E-state index contributed by atoms with van der Waals surface area (Å²) >= 11 is 0. The van der Waals surface area contributed by atoms with Gasteiger partial charge in [-0.15, -0.1) is 0 Å². The third-order valence-corrected chi connectivity index (χ3v) is 3.47. The molecule has 1 heterocycles. The molecule has 16 heavy (non-hydrogen) atoms. The van der Waals surface area contributed by atoms with Gasteiger partial charge in [-0.25, -0.2) is 0 Å². The van der Waals surface area contributed by atoms with E-state index in [1.807, 2.05) is 19.2 Å². The SMILES string of the molecule is CN1C(=O)CC(C(C)(C)C)c2ccccc21. The summed E-state index contributed by atoms with van der Waals surface area (Å²) in [6, 6.07) is 8.23. The lowest BCUT2D eigenvalue weighted by molar-refractivity contribution is -0.119. The fraction of sp³-hybridized carbons (Fsp3) is 0.500. The lowest BCUT2D eigenvalue weighted by Crippen LogP contribution is -2.36. The molecule has 1 aromatic rings. The number of hydrogen-bond acceptors (Lipinski definition) is 1. The number of nitrogens with zero attached hydrogens (tertiary/aromatic N) is 1. The van der Waals surface area contributed by atoms with Crippen molar-refractivity contribution in [2.24, 2.45) is 5.41 Å². The van der Waals surface area contributed by atoms with Gasteiger partial charge < -0.3 is 4.90 Å². The highest BCUT2D eigenvalue weighted by Gasteiger charge is 2.35. The summed E-state index contributed by atoms with van der Waals surface area (Å²) in [6.45, 7) is 6.60. The van der Waals surface area contributed by atoms with Crippen molar-refractivity contribution in [1.82, 2.24) is 0 Å². The monoisotopic (exact) mass is 217 g/mol. The van der Waals surface area contributed by atoms with E-state index in [2.05, 4.69) is 32.9 Å². The number of fused-ring (bicyclic) bond motifs is 1. The number of carbonyl (C=O) groups is 1. The summed E-state index contributed by atoms with van der Waals surface area (Å²) in [6.07, 6.45) is 0.622. The zero-order valence-corrected chi connectivity index (χ0v) is 10.4. The third-order valence-electron chi connectivity index (χ3n) is 3.47. The molecule has 1 amide bonds. The minimum Gasteiger partial charge on any atom is -0.315 e. The minimum absolute atomic E-state index is 0.132. The van der Waals surface area contributed by atoms with Crippen LogP contribution in [0.15, 0.2) is 24.3 Å². The maximum Gasteiger partial charge on any atom is 0.227 e. The molecule has 0 spiro atoms. The van der Waals surface area contributed by atoms with E-state index in [9.17, 15) is 4.79 Å². The van der Waals surface area contributed by atoms with Crippen molar-refractivity contribution in [3.8, 4) is 0 Å². The number of amides is 1. The van der Waals surface area contributed by atoms with E-state index in [1.165, 1.54) is 5.56 Å². The molecule has 0 aromatic heterocycles. The number of benzene rings is 1. The van der Waals surface area contributed by atoms with Gasteiger partial charge in [0.15, 0.2) is 0 Å². The Balaban J connectivity index is 2.53. The van der Waals surface area contributed by atoms with Gasteiger partial charge in [-0.3, -0.25) is 4.79 Å². The first-order valence-corrected chi connectivity index (χ1v) is 5.77. The van der Waals surface area contributed by atoms with Crippen LogP contribution in [0.5, 0.6) is 0 Å². The highest BCUT2D eigenvalue weighted by atomic mass is 16.2. The second-order valence-electron chi connectivity index (χ2n) is 5.63. The summed E-state index contributed by atoms with van der Waals surface area (Å²) in [5, 5.41) is 0. The average molecular weight is 217 g/mol. The number of rotatable bonds is 0. The largest absolute Gasteiger partial charge is 0.315 e. The summed E-state index contributed by atoms with van der Waals surface area (Å²) in [7, 11) is 1.86. The van der Waals surface area contributed by atoms with Gasteiger partial charge in [0.2, 0.25) is 5.91 Å². The smallest absolute Gasteiger partial charge is 0.227 e. The van der Waals surface area contributed by atoms with Gasteiger partial charge in [0.25, 0.3) is 0 Å². The maximum atomic E-state index is 11.9. The van der Waals surface area contributed by atoms with Crippen molar-refractivity contribution in [2.45, 2.75) is 33.1 Å². The topological polar surface area (TPSA) is 20.3 Å². The van der Waals surface area contributed by atoms with Crippen molar-refractivity contribution in [3.05, 3.63) is 29.8 Å². The minimum atomic E-state index is 0.132. The molecule has 2 nitrogen and oxygen atoms in total. The van der Waals surface area contributed by atoms with Crippen molar-refractivity contribution in [2.75, 3.05) is 11.9 Å². The van der Waals surface area contributed by atoms with Crippen LogP contribution in [0.3, 0.4) is 0 Å². The second kappa shape index (κ2) is 3.62. The predicted molar refractivity (Wildman–Crippen MR) is 66.7 cm³/mol. The molecule has 1 aromatic carbocycles. The van der Waals surface area contributed by atoms with Crippen molar-refractivity contribution in [3.63, 3.8) is 0 Å². The highest BCUT2D eigenvalue weighted by Crippen LogP contribution is 2.44. The molecule has 2 rings (SSSR count). The lowest BCUT2D eigenvalue weighted by atomic mass is 9.72. The van der Waals surface area contributed by atoms with Gasteiger partial charge in [-0.1, -0.05) is 39.0 Å². The van der Waals surface area contributed by atoms with Gasteiger partial charge in [0.1, 0.15) is 0 Å². The molecule has 0 aliphatic carbocycles. The van der Waals surface area contributed by atoms with E-state index in [-0.39, 0.29) is 11.3 Å². The van der Waals surface area contributed by atoms with Crippen LogP contribution in [-0.4, -0.2) is 13.0 Å². The van der Waals surface area contributed by atoms with E-state index in [0.29, 0.717) is 12.3 Å². The molecule has 86 valence electrons. The first kappa shape index (κ1) is 11.2. The standard InChI is InChI=1S/C14H19NO/c1-14(2,3)11-9-13(16)15(4)12-8-6-5-7-10(11)12/h5-8,11H,9H2,1-4H3. The van der Waals surface area contributed by atoms with Gasteiger partial charge in [0, 0.05) is 19.2 Å². The molecular formula is C14H19NO. The molecule has 0 N–H and O–H groups in total. The summed E-state index contributed by atoms with van der Waals surface area (Å²) in [4.78, 5) is 13.7. The van der Waals surface area contributed by atoms with Crippen LogP contribution in [0.25, 0.3) is 0 Å². The Morgan fingerprint density at radius 2 is 1.88 bits per heavy atom. The van der Waals surface area contributed by atoms with Crippen molar-refractivity contribution < 1.29 is 4.79 Å². The Kier molecular flexibility index (Phi) is 2.53. The number of para-hydroxylation sites is 1. The zero-order chi connectivity index (χ0) is 11.9. The van der Waals surface area contributed by atoms with Gasteiger partial charge in [-0.2, -0.15) is 0 Å². The van der Waals surface area contributed by atoms with E-state index in [4.69, 9.17) is 0 Å². The van der Waals surface area contributed by atoms with Gasteiger partial charge in [-0.05, 0) is 23.0 Å². The van der Waals surface area contributed by atoms with Crippen LogP contribution in [0, 0.1) is 5.41 Å². The fourth-order valence-electron chi connectivity index (χ4n) is 2.42. The third kappa shape index (κ3) is 1.73. The first-order chi connectivity index (χ1) is 7.41. The number of hydrogen-bond donors (Lipinski definition) is 0. The summed E-state index contributed by atoms with van der Waals surface area (Å²) in [5.41, 5.74) is 2.50. The molecule has 0 saturated carbocycles. The number of carbonyl (C=O) groups excluding carboxylic acids is 1. The molecule has 1 unspecified atom stereocenters. The Morgan fingerprint density at radius 3 is 2.50 bits per heavy atom. The molecule has 0 fully saturated rings. The Hall–Kier alpha value is -1.31. The first-order valence-electron chi connectivity index (χ1n) is 5.77. The maximum absolute atomic E-state index is 11.9. The summed E-state index contributed by atoms with van der Waals surface area (Å²) < 4.78 is 0. The number of anilines is 1. The molecule has 1 aliphatic heterocycles. The predicted octanol–water partition coefficient (Wildman–Crippen LogP) is 3.18. The molecule has 2 heteroatoms. The molecule has 1 atom stereocenters. The zero-order valence-electron chi connectivity index (χ0n) is 10.4. The van der Waals surface area contributed by atoms with Crippen molar-refractivity contribution in [1.29, 1.82) is 0 Å². The van der Waals surface area contributed by atoms with Gasteiger partial charge in [0.05, 0.1) is 0 Å². The van der Waals surface area contributed by atoms with Crippen LogP contribution >= 0.6 is 0 Å². The Morgan fingerprint density at radius 1 is 1.25 bits per heavy atom. The van der Waals surface area contributed by atoms with Crippen LogP contribution in [-0.2, 0) is 4.79 Å². The quantitative estimate of drug-likeness (QED) is 0.653. The Labute approximate surface area is 97.3 Å². The molecule has 0 saturated heterocycles. The van der Waals surface area contributed by atoms with Crippen LogP contribution in [0.1, 0.15) is 38.7 Å². The molecule has 0 bridgehead atoms. The second-order valence-corrected chi connectivity index (χ2v) is 5.63. The van der Waals surface area contributed by atoms with E-state index in [0.717, 1.165) is 5.69 Å².